The van der Waals surface area contributed by atoms with E-state index in [4.69, 9.17) is 4.65 Å². The number of hydrogen-bond acceptors (Lipinski definition) is 1. The summed E-state index contributed by atoms with van der Waals surface area (Å²) in [6.07, 6.45) is 0. The molecule has 15 heavy (non-hydrogen) atoms. The second kappa shape index (κ2) is 3.66. The van der Waals surface area contributed by atoms with Gasteiger partial charge in [-0.2, -0.15) is 0 Å². The SMILES string of the molecule is C=C(B1OC(C)(C)C(C)(C)C1C)C(C)C. The standard InChI is InChI=1S/C13H25BO/c1-9(2)10(3)14-11(4)12(5,6)13(7,8)15-14/h9,11H,3H2,1-2,4-8H3. The number of rotatable bonds is 2. The van der Waals surface area contributed by atoms with E-state index in [0.29, 0.717) is 11.7 Å². The van der Waals surface area contributed by atoms with Crippen LogP contribution in [0.5, 0.6) is 0 Å². The molecule has 1 atom stereocenters. The van der Waals surface area contributed by atoms with Crippen LogP contribution in [0.2, 0.25) is 5.82 Å². The minimum atomic E-state index is -0.0606. The van der Waals surface area contributed by atoms with Crippen molar-refractivity contribution in [3.63, 3.8) is 0 Å². The van der Waals surface area contributed by atoms with Gasteiger partial charge in [0.25, 0.3) is 0 Å². The van der Waals surface area contributed by atoms with E-state index < -0.39 is 0 Å². The van der Waals surface area contributed by atoms with Crippen molar-refractivity contribution in [1.29, 1.82) is 0 Å². The molecule has 0 saturated carbocycles. The lowest BCUT2D eigenvalue weighted by Gasteiger charge is -2.36. The Balaban J connectivity index is 2.96. The van der Waals surface area contributed by atoms with Crippen molar-refractivity contribution in [3.05, 3.63) is 12.1 Å². The molecule has 0 bridgehead atoms. The minimum absolute atomic E-state index is 0.0606. The molecule has 1 aliphatic rings. The van der Waals surface area contributed by atoms with Gasteiger partial charge in [0.15, 0.2) is 0 Å². The van der Waals surface area contributed by atoms with Gasteiger partial charge in [0.05, 0.1) is 5.60 Å². The molecule has 0 aromatic heterocycles. The summed E-state index contributed by atoms with van der Waals surface area (Å²) in [6.45, 7) is 20.1. The molecule has 1 rings (SSSR count). The summed E-state index contributed by atoms with van der Waals surface area (Å²) in [5.74, 6) is 1.03. The molecule has 1 aliphatic heterocycles. The molecule has 0 aromatic carbocycles. The summed E-state index contributed by atoms with van der Waals surface area (Å²) < 4.78 is 6.20. The normalized spacial score (nSPS) is 28.5. The Morgan fingerprint density at radius 3 is 2.00 bits per heavy atom. The molecule has 0 amide bonds. The molecule has 1 nitrogen and oxygen atoms in total. The molecule has 1 saturated heterocycles. The van der Waals surface area contributed by atoms with Gasteiger partial charge in [-0.1, -0.05) is 40.1 Å². The maximum atomic E-state index is 6.20. The van der Waals surface area contributed by atoms with E-state index in [1.807, 2.05) is 0 Å². The van der Waals surface area contributed by atoms with Gasteiger partial charge in [-0.15, -0.1) is 6.58 Å². The fraction of sp³-hybridized carbons (Fsp3) is 0.846. The minimum Gasteiger partial charge on any atom is -0.426 e. The Morgan fingerprint density at radius 1 is 1.27 bits per heavy atom. The third-order valence-corrected chi connectivity index (χ3v) is 4.67. The lowest BCUT2D eigenvalue weighted by Crippen LogP contribution is -2.35. The second-order valence-corrected chi connectivity index (χ2v) is 6.29. The van der Waals surface area contributed by atoms with Crippen LogP contribution in [-0.2, 0) is 4.65 Å². The number of hydrogen-bond donors (Lipinski definition) is 0. The zero-order valence-corrected chi connectivity index (χ0v) is 11.3. The topological polar surface area (TPSA) is 9.23 Å². The van der Waals surface area contributed by atoms with Crippen LogP contribution in [0.4, 0.5) is 0 Å². The van der Waals surface area contributed by atoms with E-state index in [9.17, 15) is 0 Å². The van der Waals surface area contributed by atoms with Crippen LogP contribution in [0.15, 0.2) is 12.1 Å². The molecular formula is C13H25BO. The predicted molar refractivity (Wildman–Crippen MR) is 68.1 cm³/mol. The quantitative estimate of drug-likeness (QED) is 0.624. The maximum Gasteiger partial charge on any atom is 0.326 e. The van der Waals surface area contributed by atoms with E-state index in [1.54, 1.807) is 0 Å². The first-order valence-electron chi connectivity index (χ1n) is 5.97. The lowest BCUT2D eigenvalue weighted by molar-refractivity contribution is 0.0291. The van der Waals surface area contributed by atoms with Crippen molar-refractivity contribution in [1.82, 2.24) is 0 Å². The van der Waals surface area contributed by atoms with Gasteiger partial charge in [0.2, 0.25) is 0 Å². The third kappa shape index (κ3) is 1.89. The summed E-state index contributed by atoms with van der Waals surface area (Å²) in [6, 6.07) is 0. The first-order valence-corrected chi connectivity index (χ1v) is 5.97. The van der Waals surface area contributed by atoms with E-state index >= 15 is 0 Å². The Kier molecular flexibility index (Phi) is 3.13. The van der Waals surface area contributed by atoms with Gasteiger partial charge in [-0.25, -0.2) is 0 Å². The molecule has 0 spiro atoms. The molecule has 86 valence electrons. The molecule has 0 aliphatic carbocycles. The van der Waals surface area contributed by atoms with Crippen molar-refractivity contribution >= 4 is 6.92 Å². The highest BCUT2D eigenvalue weighted by molar-refractivity contribution is 6.63. The van der Waals surface area contributed by atoms with Crippen molar-refractivity contribution in [2.45, 2.75) is 59.9 Å². The van der Waals surface area contributed by atoms with Crippen LogP contribution in [0.1, 0.15) is 48.5 Å². The van der Waals surface area contributed by atoms with Crippen LogP contribution in [0.25, 0.3) is 0 Å². The van der Waals surface area contributed by atoms with Crippen molar-refractivity contribution in [2.75, 3.05) is 0 Å². The monoisotopic (exact) mass is 208 g/mol. The Hall–Kier alpha value is -0.235. The maximum absolute atomic E-state index is 6.20. The van der Waals surface area contributed by atoms with Crippen LogP contribution >= 0.6 is 0 Å². The first kappa shape index (κ1) is 12.8. The second-order valence-electron chi connectivity index (χ2n) is 6.29. The summed E-state index contributed by atoms with van der Waals surface area (Å²) in [4.78, 5) is 0. The number of allylic oxidation sites excluding steroid dienone is 1. The van der Waals surface area contributed by atoms with Crippen LogP contribution < -0.4 is 0 Å². The summed E-state index contributed by atoms with van der Waals surface area (Å²) >= 11 is 0. The van der Waals surface area contributed by atoms with Crippen LogP contribution in [-0.4, -0.2) is 12.5 Å². The predicted octanol–water partition coefficient (Wildman–Crippen LogP) is 3.95. The average Bonchev–Trinajstić information content (AvgIpc) is 2.25. The molecule has 1 fully saturated rings. The summed E-state index contributed by atoms with van der Waals surface area (Å²) in [5, 5.41) is 0. The molecule has 0 radical (unpaired) electrons. The smallest absolute Gasteiger partial charge is 0.326 e. The van der Waals surface area contributed by atoms with E-state index in [0.717, 1.165) is 0 Å². The van der Waals surface area contributed by atoms with Gasteiger partial charge in [-0.3, -0.25) is 0 Å². The fourth-order valence-corrected chi connectivity index (χ4v) is 2.22. The molecule has 0 N–H and O–H groups in total. The molecule has 2 heteroatoms. The van der Waals surface area contributed by atoms with Crippen molar-refractivity contribution in [2.24, 2.45) is 11.3 Å². The third-order valence-electron chi connectivity index (χ3n) is 4.67. The highest BCUT2D eigenvalue weighted by Crippen LogP contribution is 2.53. The Labute approximate surface area is 95.4 Å². The molecule has 1 unspecified atom stereocenters. The van der Waals surface area contributed by atoms with Crippen molar-refractivity contribution < 1.29 is 4.65 Å². The van der Waals surface area contributed by atoms with Gasteiger partial charge >= 0.3 is 6.92 Å². The highest BCUT2D eigenvalue weighted by Gasteiger charge is 2.55. The molecular weight excluding hydrogens is 183 g/mol. The summed E-state index contributed by atoms with van der Waals surface area (Å²) in [7, 11) is 0. The molecule has 1 heterocycles. The van der Waals surface area contributed by atoms with Crippen LogP contribution in [0.3, 0.4) is 0 Å². The molecule has 0 aromatic rings. The zero-order valence-electron chi connectivity index (χ0n) is 11.3. The zero-order chi connectivity index (χ0) is 12.0. The van der Waals surface area contributed by atoms with Gasteiger partial charge in [0, 0.05) is 0 Å². The van der Waals surface area contributed by atoms with Crippen molar-refractivity contribution in [3.8, 4) is 0 Å². The highest BCUT2D eigenvalue weighted by atomic mass is 16.5. The average molecular weight is 208 g/mol. The van der Waals surface area contributed by atoms with Gasteiger partial charge in [0.1, 0.15) is 0 Å². The summed E-state index contributed by atoms with van der Waals surface area (Å²) in [5.41, 5.74) is 1.38. The van der Waals surface area contributed by atoms with E-state index in [2.05, 4.69) is 55.0 Å². The Morgan fingerprint density at radius 2 is 1.73 bits per heavy atom. The lowest BCUT2D eigenvalue weighted by atomic mass is 9.45. The fourth-order valence-electron chi connectivity index (χ4n) is 2.22. The first-order chi connectivity index (χ1) is 6.61. The van der Waals surface area contributed by atoms with Gasteiger partial charge < -0.3 is 4.65 Å². The largest absolute Gasteiger partial charge is 0.426 e. The van der Waals surface area contributed by atoms with Crippen LogP contribution in [0, 0.1) is 11.3 Å². The van der Waals surface area contributed by atoms with E-state index in [-0.39, 0.29) is 17.9 Å². The Bertz CT molecular complexity index is 266. The van der Waals surface area contributed by atoms with E-state index in [1.165, 1.54) is 5.47 Å². The van der Waals surface area contributed by atoms with Gasteiger partial charge in [-0.05, 0) is 31.0 Å².